The van der Waals surface area contributed by atoms with Crippen molar-refractivity contribution >= 4 is 17.3 Å². The zero-order valence-electron chi connectivity index (χ0n) is 14.2. The van der Waals surface area contributed by atoms with Gasteiger partial charge < -0.3 is 20.1 Å². The first-order valence-corrected chi connectivity index (χ1v) is 8.17. The normalized spacial score (nSPS) is 15.2. The predicted octanol–water partition coefficient (Wildman–Crippen LogP) is 2.27. The molecule has 1 atom stereocenters. The minimum Gasteiger partial charge on any atom is -0.486 e. The van der Waals surface area contributed by atoms with Gasteiger partial charge in [-0.05, 0) is 25.1 Å². The van der Waals surface area contributed by atoms with Gasteiger partial charge in [0.25, 0.3) is 5.69 Å². The molecule has 1 amide bonds. The van der Waals surface area contributed by atoms with Crippen molar-refractivity contribution in [3.63, 3.8) is 0 Å². The van der Waals surface area contributed by atoms with E-state index < -0.39 is 4.92 Å². The van der Waals surface area contributed by atoms with Crippen LogP contribution < -0.4 is 20.1 Å². The van der Waals surface area contributed by atoms with Gasteiger partial charge in [0.15, 0.2) is 11.5 Å². The van der Waals surface area contributed by atoms with E-state index in [1.54, 1.807) is 19.1 Å². The van der Waals surface area contributed by atoms with Gasteiger partial charge in [0.05, 0.1) is 18.0 Å². The lowest BCUT2D eigenvalue weighted by molar-refractivity contribution is -0.385. The number of fused-ring (bicyclic) bond motifs is 1. The summed E-state index contributed by atoms with van der Waals surface area (Å²) >= 11 is 0. The first-order valence-electron chi connectivity index (χ1n) is 8.17. The number of benzene rings is 2. The van der Waals surface area contributed by atoms with E-state index in [9.17, 15) is 14.9 Å². The second-order valence-corrected chi connectivity index (χ2v) is 5.86. The van der Waals surface area contributed by atoms with Crippen LogP contribution in [0, 0.1) is 17.0 Å². The molecule has 8 nitrogen and oxygen atoms in total. The maximum absolute atomic E-state index is 12.0. The molecule has 1 aliphatic heterocycles. The third-order valence-electron chi connectivity index (χ3n) is 4.04. The topological polar surface area (TPSA) is 103 Å². The van der Waals surface area contributed by atoms with Gasteiger partial charge in [-0.15, -0.1) is 0 Å². The number of rotatable bonds is 6. The first-order chi connectivity index (χ1) is 12.5. The van der Waals surface area contributed by atoms with Crippen molar-refractivity contribution in [2.24, 2.45) is 0 Å². The molecule has 2 aromatic carbocycles. The van der Waals surface area contributed by atoms with E-state index in [0.29, 0.717) is 35.9 Å². The van der Waals surface area contributed by atoms with E-state index in [1.807, 2.05) is 24.3 Å². The van der Waals surface area contributed by atoms with Crippen LogP contribution in [0.25, 0.3) is 0 Å². The smallest absolute Gasteiger partial charge is 0.274 e. The highest BCUT2D eigenvalue weighted by molar-refractivity contribution is 5.81. The number of anilines is 1. The Morgan fingerprint density at radius 1 is 1.23 bits per heavy atom. The molecule has 2 N–H and O–H groups in total. The zero-order chi connectivity index (χ0) is 18.5. The van der Waals surface area contributed by atoms with Crippen molar-refractivity contribution in [2.75, 3.05) is 25.0 Å². The summed E-state index contributed by atoms with van der Waals surface area (Å²) in [5.41, 5.74) is 1.06. The fourth-order valence-corrected chi connectivity index (χ4v) is 2.64. The average Bonchev–Trinajstić information content (AvgIpc) is 2.65. The van der Waals surface area contributed by atoms with Gasteiger partial charge in [0.2, 0.25) is 5.91 Å². The van der Waals surface area contributed by atoms with Gasteiger partial charge in [-0.25, -0.2) is 0 Å². The third kappa shape index (κ3) is 4.02. The molecule has 0 saturated heterocycles. The quantitative estimate of drug-likeness (QED) is 0.607. The molecule has 26 heavy (non-hydrogen) atoms. The van der Waals surface area contributed by atoms with Crippen molar-refractivity contribution in [3.05, 3.63) is 58.1 Å². The maximum Gasteiger partial charge on any atom is 0.274 e. The molecule has 8 heteroatoms. The summed E-state index contributed by atoms with van der Waals surface area (Å²) in [6, 6.07) is 12.1. The van der Waals surface area contributed by atoms with Crippen LogP contribution in [-0.4, -0.2) is 36.6 Å². The Bertz CT molecular complexity index is 824. The number of nitro benzene ring substituents is 1. The van der Waals surface area contributed by atoms with Crippen LogP contribution >= 0.6 is 0 Å². The number of ether oxygens (including phenoxy) is 2. The highest BCUT2D eigenvalue weighted by Crippen LogP contribution is 2.30. The van der Waals surface area contributed by atoms with Crippen LogP contribution in [0.4, 0.5) is 11.4 Å². The molecule has 1 aliphatic rings. The number of hydrogen-bond acceptors (Lipinski definition) is 6. The molecule has 0 radical (unpaired) electrons. The fourth-order valence-electron chi connectivity index (χ4n) is 2.64. The number of carbonyl (C=O) groups is 1. The summed E-state index contributed by atoms with van der Waals surface area (Å²) in [4.78, 5) is 22.5. The summed E-state index contributed by atoms with van der Waals surface area (Å²) in [5.74, 6) is 1.11. The monoisotopic (exact) mass is 357 g/mol. The summed E-state index contributed by atoms with van der Waals surface area (Å²) in [6.07, 6.45) is -0.270. The van der Waals surface area contributed by atoms with Crippen molar-refractivity contribution in [3.8, 4) is 11.5 Å². The van der Waals surface area contributed by atoms with Crippen LogP contribution in [0.1, 0.15) is 5.56 Å². The number of para-hydroxylation sites is 2. The molecule has 0 aliphatic carbocycles. The molecule has 0 saturated carbocycles. The first kappa shape index (κ1) is 17.5. The SMILES string of the molecule is Cc1c(NCC(=O)NC[C@@H]2COc3ccccc3O2)cccc1[N+](=O)[O-]. The minimum atomic E-state index is -0.446. The van der Waals surface area contributed by atoms with Crippen molar-refractivity contribution in [1.29, 1.82) is 0 Å². The number of nitrogens with zero attached hydrogens (tertiary/aromatic N) is 1. The fraction of sp³-hybridized carbons (Fsp3) is 0.278. The van der Waals surface area contributed by atoms with E-state index >= 15 is 0 Å². The van der Waals surface area contributed by atoms with Gasteiger partial charge in [-0.3, -0.25) is 14.9 Å². The van der Waals surface area contributed by atoms with Gasteiger partial charge in [0.1, 0.15) is 12.7 Å². The summed E-state index contributed by atoms with van der Waals surface area (Å²) in [7, 11) is 0. The van der Waals surface area contributed by atoms with Gasteiger partial charge in [0, 0.05) is 17.3 Å². The number of nitrogens with one attached hydrogen (secondary N) is 2. The summed E-state index contributed by atoms with van der Waals surface area (Å²) in [6.45, 7) is 2.31. The highest BCUT2D eigenvalue weighted by Gasteiger charge is 2.21. The molecule has 0 spiro atoms. The zero-order valence-corrected chi connectivity index (χ0v) is 14.2. The Balaban J connectivity index is 1.48. The lowest BCUT2D eigenvalue weighted by Crippen LogP contribution is -2.42. The molecule has 0 bridgehead atoms. The Hall–Kier alpha value is -3.29. The minimum absolute atomic E-state index is 0.00612. The van der Waals surface area contributed by atoms with E-state index in [0.717, 1.165) is 0 Å². The standard InChI is InChI=1S/C18H19N3O5/c1-12-14(5-4-6-15(12)21(23)24)19-10-18(22)20-9-13-11-25-16-7-2-3-8-17(16)26-13/h2-8,13,19H,9-11H2,1H3,(H,20,22)/t13-/m1/s1. The average molecular weight is 357 g/mol. The third-order valence-corrected chi connectivity index (χ3v) is 4.04. The predicted molar refractivity (Wildman–Crippen MR) is 95.7 cm³/mol. The van der Waals surface area contributed by atoms with Crippen LogP contribution in [0.5, 0.6) is 11.5 Å². The molecular formula is C18H19N3O5. The Labute approximate surface area is 150 Å². The van der Waals surface area contributed by atoms with E-state index in [-0.39, 0.29) is 24.2 Å². The Kier molecular flexibility index (Phi) is 5.21. The summed E-state index contributed by atoms with van der Waals surface area (Å²) < 4.78 is 11.4. The lowest BCUT2D eigenvalue weighted by Gasteiger charge is -2.26. The number of nitro groups is 1. The van der Waals surface area contributed by atoms with Crippen molar-refractivity contribution in [2.45, 2.75) is 13.0 Å². The molecular weight excluding hydrogens is 338 g/mol. The Morgan fingerprint density at radius 2 is 2.00 bits per heavy atom. The largest absolute Gasteiger partial charge is 0.486 e. The molecule has 0 unspecified atom stereocenters. The van der Waals surface area contributed by atoms with Crippen molar-refractivity contribution < 1.29 is 19.2 Å². The molecule has 0 fully saturated rings. The van der Waals surface area contributed by atoms with Crippen LogP contribution in [0.15, 0.2) is 42.5 Å². The number of carbonyl (C=O) groups excluding carboxylic acids is 1. The lowest BCUT2D eigenvalue weighted by atomic mass is 10.1. The van der Waals surface area contributed by atoms with Gasteiger partial charge >= 0.3 is 0 Å². The highest BCUT2D eigenvalue weighted by atomic mass is 16.6. The van der Waals surface area contributed by atoms with E-state index in [2.05, 4.69) is 10.6 Å². The van der Waals surface area contributed by atoms with Gasteiger partial charge in [-0.2, -0.15) is 0 Å². The van der Waals surface area contributed by atoms with E-state index in [4.69, 9.17) is 9.47 Å². The number of amides is 1. The maximum atomic E-state index is 12.0. The number of hydrogen-bond donors (Lipinski definition) is 2. The molecule has 1 heterocycles. The molecule has 136 valence electrons. The Morgan fingerprint density at radius 3 is 2.77 bits per heavy atom. The summed E-state index contributed by atoms with van der Waals surface area (Å²) in [5, 5.41) is 16.6. The second kappa shape index (κ2) is 7.73. The molecule has 0 aromatic heterocycles. The molecule has 3 rings (SSSR count). The van der Waals surface area contributed by atoms with Crippen LogP contribution in [0.3, 0.4) is 0 Å². The molecule has 2 aromatic rings. The van der Waals surface area contributed by atoms with Crippen LogP contribution in [0.2, 0.25) is 0 Å². The second-order valence-electron chi connectivity index (χ2n) is 5.86. The van der Waals surface area contributed by atoms with Crippen molar-refractivity contribution in [1.82, 2.24) is 5.32 Å². The van der Waals surface area contributed by atoms with Gasteiger partial charge in [-0.1, -0.05) is 18.2 Å². The van der Waals surface area contributed by atoms with Crippen LogP contribution in [-0.2, 0) is 4.79 Å². The van der Waals surface area contributed by atoms with E-state index in [1.165, 1.54) is 6.07 Å².